The minimum atomic E-state index is -3.74. The third-order valence-electron chi connectivity index (χ3n) is 7.86. The Morgan fingerprint density at radius 3 is 2.50 bits per heavy atom. The van der Waals surface area contributed by atoms with Crippen LogP contribution in [0.25, 0.3) is 0 Å². The summed E-state index contributed by atoms with van der Waals surface area (Å²) < 4.78 is 47.2. The second-order valence-electron chi connectivity index (χ2n) is 10.6. The topological polar surface area (TPSA) is 97.3 Å². The summed E-state index contributed by atoms with van der Waals surface area (Å²) in [7, 11) is -2.00. The van der Waals surface area contributed by atoms with Crippen LogP contribution in [0, 0.1) is 5.92 Å². The molecule has 0 aliphatic carbocycles. The summed E-state index contributed by atoms with van der Waals surface area (Å²) in [4.78, 5) is 2.64. The summed E-state index contributed by atoms with van der Waals surface area (Å²) in [5.74, 6) is 0.0554. The first-order valence-corrected chi connectivity index (χ1v) is 15.3. The largest absolute Gasteiger partial charge is 0.392 e. The molecule has 40 heavy (non-hydrogen) atoms. The monoisotopic (exact) mass is 566 g/mol. The van der Waals surface area contributed by atoms with Crippen LogP contribution in [0.4, 0.5) is 5.69 Å². The molecule has 5 rings (SSSR count). The number of anilines is 1. The minimum Gasteiger partial charge on any atom is -0.392 e. The number of nitrogens with zero attached hydrogens (tertiary/aromatic N) is 1. The Morgan fingerprint density at radius 2 is 1.77 bits per heavy atom. The van der Waals surface area contributed by atoms with Crippen LogP contribution < -0.4 is 4.72 Å². The fraction of sp³-hybridized carbons (Fsp3) is 0.419. The predicted molar refractivity (Wildman–Crippen MR) is 153 cm³/mol. The van der Waals surface area contributed by atoms with Gasteiger partial charge in [-0.1, -0.05) is 61.5 Å². The van der Waals surface area contributed by atoms with E-state index in [0.717, 1.165) is 42.6 Å². The molecule has 2 heterocycles. The van der Waals surface area contributed by atoms with Crippen LogP contribution in [0.1, 0.15) is 48.8 Å². The van der Waals surface area contributed by atoms with Crippen molar-refractivity contribution in [2.24, 2.45) is 5.92 Å². The Kier molecular flexibility index (Phi) is 9.20. The maximum absolute atomic E-state index is 12.9. The van der Waals surface area contributed by atoms with E-state index in [4.69, 9.17) is 14.2 Å². The molecule has 2 aliphatic heterocycles. The lowest BCUT2D eigenvalue weighted by Gasteiger charge is -2.43. The molecule has 0 amide bonds. The van der Waals surface area contributed by atoms with Crippen molar-refractivity contribution in [3.63, 3.8) is 0 Å². The molecule has 5 atom stereocenters. The van der Waals surface area contributed by atoms with Crippen molar-refractivity contribution in [3.8, 4) is 0 Å². The van der Waals surface area contributed by atoms with Gasteiger partial charge in [0.2, 0.25) is 0 Å². The second-order valence-corrected chi connectivity index (χ2v) is 12.3. The molecule has 2 saturated heterocycles. The first-order chi connectivity index (χ1) is 19.4. The van der Waals surface area contributed by atoms with E-state index in [1.54, 1.807) is 55.6 Å². The molecule has 2 N–H and O–H groups in total. The van der Waals surface area contributed by atoms with Gasteiger partial charge in [0, 0.05) is 36.9 Å². The molecule has 2 aliphatic rings. The number of aliphatic hydroxyl groups is 1. The molecule has 214 valence electrons. The van der Waals surface area contributed by atoms with Crippen molar-refractivity contribution in [2.75, 3.05) is 31.5 Å². The number of sulfonamides is 1. The maximum atomic E-state index is 12.9. The lowest BCUT2D eigenvalue weighted by atomic mass is 9.90. The lowest BCUT2D eigenvalue weighted by Crippen LogP contribution is -2.46. The molecule has 0 aromatic heterocycles. The van der Waals surface area contributed by atoms with Crippen LogP contribution in [0.5, 0.6) is 0 Å². The van der Waals surface area contributed by atoms with Crippen molar-refractivity contribution in [3.05, 3.63) is 95.6 Å². The van der Waals surface area contributed by atoms with Gasteiger partial charge in [0.25, 0.3) is 10.0 Å². The number of rotatable bonds is 10. The molecule has 8 nitrogen and oxygen atoms in total. The highest BCUT2D eigenvalue weighted by atomic mass is 32.2. The van der Waals surface area contributed by atoms with E-state index in [9.17, 15) is 13.5 Å². The number of hydrogen-bond donors (Lipinski definition) is 2. The van der Waals surface area contributed by atoms with Crippen molar-refractivity contribution >= 4 is 15.7 Å². The van der Waals surface area contributed by atoms with Gasteiger partial charge in [-0.25, -0.2) is 8.42 Å². The number of ether oxygens (including phenoxy) is 3. The van der Waals surface area contributed by atoms with Crippen LogP contribution in [0.2, 0.25) is 0 Å². The fourth-order valence-electron chi connectivity index (χ4n) is 5.64. The Bertz CT molecular complexity index is 1350. The summed E-state index contributed by atoms with van der Waals surface area (Å²) in [6, 6.07) is 23.7. The van der Waals surface area contributed by atoms with Crippen molar-refractivity contribution < 1.29 is 27.7 Å². The van der Waals surface area contributed by atoms with E-state index >= 15 is 0 Å². The first-order valence-electron chi connectivity index (χ1n) is 13.8. The molecule has 3 aromatic rings. The smallest absolute Gasteiger partial charge is 0.261 e. The van der Waals surface area contributed by atoms with Gasteiger partial charge in [-0.3, -0.25) is 9.62 Å². The lowest BCUT2D eigenvalue weighted by molar-refractivity contribution is -0.276. The van der Waals surface area contributed by atoms with E-state index in [2.05, 4.69) is 16.5 Å². The van der Waals surface area contributed by atoms with Crippen molar-refractivity contribution in [1.29, 1.82) is 0 Å². The second kappa shape index (κ2) is 12.8. The van der Waals surface area contributed by atoms with E-state index in [-0.39, 0.29) is 29.6 Å². The SMILES string of the molecule is COC[C@@H]1CCCN1C[C@@H]1O[C@H](c2cccc(NS(=O)(=O)c3ccccc3)c2)O[C@H](c2ccc(CO)cc2)[C@@H]1C. The van der Waals surface area contributed by atoms with Crippen molar-refractivity contribution in [2.45, 2.75) is 55.8 Å². The van der Waals surface area contributed by atoms with Gasteiger partial charge in [-0.05, 0) is 54.8 Å². The van der Waals surface area contributed by atoms with Crippen molar-refractivity contribution in [1.82, 2.24) is 4.90 Å². The zero-order valence-corrected chi connectivity index (χ0v) is 23.8. The molecule has 0 unspecified atom stereocenters. The van der Waals surface area contributed by atoms with Crippen LogP contribution in [0.3, 0.4) is 0 Å². The fourth-order valence-corrected chi connectivity index (χ4v) is 6.71. The van der Waals surface area contributed by atoms with Crippen LogP contribution in [-0.4, -0.2) is 57.4 Å². The van der Waals surface area contributed by atoms with Gasteiger partial charge in [0.1, 0.15) is 0 Å². The zero-order chi connectivity index (χ0) is 28.1. The van der Waals surface area contributed by atoms with Gasteiger partial charge >= 0.3 is 0 Å². The molecule has 3 aromatic carbocycles. The van der Waals surface area contributed by atoms with E-state index in [0.29, 0.717) is 18.3 Å². The van der Waals surface area contributed by atoms with Gasteiger partial charge in [-0.2, -0.15) is 0 Å². The van der Waals surface area contributed by atoms with E-state index < -0.39 is 16.3 Å². The van der Waals surface area contributed by atoms with Gasteiger partial charge in [0.05, 0.1) is 30.3 Å². The molecule has 0 radical (unpaired) electrons. The standard InChI is InChI=1S/C31H38N2O6S/c1-22-29(19-33-17-7-10-27(33)21-37-2)38-31(39-30(22)24-15-13-23(20-34)14-16-24)25-8-6-9-26(18-25)32-40(35,36)28-11-4-3-5-12-28/h3-6,8-9,11-16,18,22,27,29-32,34H,7,10,17,19-21H2,1-2H3/t22-,27+,29+,30+,31+/m1/s1. The molecule has 0 bridgehead atoms. The normalized spacial score (nSPS) is 25.6. The summed E-state index contributed by atoms with van der Waals surface area (Å²) in [6.07, 6.45) is 1.18. The highest BCUT2D eigenvalue weighted by Gasteiger charge is 2.40. The average molecular weight is 567 g/mol. The Hall–Kier alpha value is -2.79. The molecular formula is C31H38N2O6S. The average Bonchev–Trinajstić information content (AvgIpc) is 3.41. The summed E-state index contributed by atoms with van der Waals surface area (Å²) in [5.41, 5.74) is 3.03. The third kappa shape index (κ3) is 6.57. The Labute approximate surface area is 236 Å². The number of nitrogens with one attached hydrogen (secondary N) is 1. The predicted octanol–water partition coefficient (Wildman–Crippen LogP) is 4.88. The number of aliphatic hydroxyl groups excluding tert-OH is 1. The highest BCUT2D eigenvalue weighted by molar-refractivity contribution is 7.92. The van der Waals surface area contributed by atoms with E-state index in [1.807, 2.05) is 30.3 Å². The summed E-state index contributed by atoms with van der Waals surface area (Å²) in [6.45, 7) is 4.57. The first kappa shape index (κ1) is 28.7. The number of likely N-dealkylation sites (tertiary alicyclic amines) is 1. The molecular weight excluding hydrogens is 528 g/mol. The summed E-state index contributed by atoms with van der Waals surface area (Å²) >= 11 is 0. The molecule has 9 heteroatoms. The van der Waals surface area contributed by atoms with Crippen LogP contribution >= 0.6 is 0 Å². The molecule has 2 fully saturated rings. The Balaban J connectivity index is 1.41. The van der Waals surface area contributed by atoms with Crippen LogP contribution in [-0.2, 0) is 30.8 Å². The van der Waals surface area contributed by atoms with Gasteiger partial charge in [-0.15, -0.1) is 0 Å². The van der Waals surface area contributed by atoms with Crippen LogP contribution in [0.15, 0.2) is 83.8 Å². The summed E-state index contributed by atoms with van der Waals surface area (Å²) in [5, 5.41) is 9.52. The zero-order valence-electron chi connectivity index (χ0n) is 23.0. The maximum Gasteiger partial charge on any atom is 0.261 e. The molecule has 0 spiro atoms. The molecule has 0 saturated carbocycles. The highest BCUT2D eigenvalue weighted by Crippen LogP contribution is 2.42. The number of methoxy groups -OCH3 is 1. The Morgan fingerprint density at radius 1 is 1.00 bits per heavy atom. The minimum absolute atomic E-state index is 0.0166. The van der Waals surface area contributed by atoms with E-state index in [1.165, 1.54) is 0 Å². The van der Waals surface area contributed by atoms with Gasteiger partial charge < -0.3 is 19.3 Å². The quantitative estimate of drug-likeness (QED) is 0.361. The number of hydrogen-bond acceptors (Lipinski definition) is 7. The van der Waals surface area contributed by atoms with Gasteiger partial charge in [0.15, 0.2) is 6.29 Å². The third-order valence-corrected chi connectivity index (χ3v) is 9.26. The number of benzene rings is 3.